The molecule has 6 heteroatoms. The number of hydrogen-bond acceptors (Lipinski definition) is 4. The van der Waals surface area contributed by atoms with Gasteiger partial charge in [0, 0.05) is 25.4 Å². The summed E-state index contributed by atoms with van der Waals surface area (Å²) in [5.41, 5.74) is 0. The third kappa shape index (κ3) is 4.27. The first-order chi connectivity index (χ1) is 8.49. The van der Waals surface area contributed by atoms with Crippen molar-refractivity contribution in [1.82, 2.24) is 9.71 Å². The fourth-order valence-corrected chi connectivity index (χ4v) is 2.91. The molecule has 0 saturated heterocycles. The second-order valence-corrected chi connectivity index (χ2v) is 6.01. The van der Waals surface area contributed by atoms with Crippen molar-refractivity contribution in [1.29, 1.82) is 0 Å². The van der Waals surface area contributed by atoms with Crippen molar-refractivity contribution in [2.45, 2.75) is 44.0 Å². The van der Waals surface area contributed by atoms with E-state index in [-0.39, 0.29) is 10.9 Å². The molecule has 0 amide bonds. The molecular weight excluding hydrogens is 250 g/mol. The summed E-state index contributed by atoms with van der Waals surface area (Å²) in [6, 6.07) is 2.96. The van der Waals surface area contributed by atoms with Crippen LogP contribution in [0.5, 0.6) is 0 Å². The molecule has 1 aromatic rings. The normalized spacial score (nSPS) is 13.3. The van der Waals surface area contributed by atoms with Crippen LogP contribution in [0.25, 0.3) is 0 Å². The molecule has 0 radical (unpaired) electrons. The van der Waals surface area contributed by atoms with E-state index in [0.29, 0.717) is 5.82 Å². The predicted octanol–water partition coefficient (Wildman–Crippen LogP) is 1.98. The van der Waals surface area contributed by atoms with Crippen LogP contribution in [0.15, 0.2) is 23.2 Å². The average molecular weight is 271 g/mol. The Balaban J connectivity index is 2.79. The molecule has 0 aromatic carbocycles. The summed E-state index contributed by atoms with van der Waals surface area (Å²) in [7, 11) is -1.75. The number of hydrogen-bond donors (Lipinski definition) is 2. The molecular formula is C12H21N3O2S. The molecule has 0 saturated carbocycles. The molecule has 1 heterocycles. The molecule has 0 aliphatic carbocycles. The summed E-state index contributed by atoms with van der Waals surface area (Å²) < 4.78 is 26.9. The first kappa shape index (κ1) is 14.9. The van der Waals surface area contributed by atoms with Crippen LogP contribution in [0.3, 0.4) is 0 Å². The van der Waals surface area contributed by atoms with E-state index >= 15 is 0 Å². The van der Waals surface area contributed by atoms with E-state index in [2.05, 4.69) is 21.9 Å². The number of sulfonamides is 1. The molecule has 2 N–H and O–H groups in total. The minimum atomic E-state index is -3.45. The van der Waals surface area contributed by atoms with Gasteiger partial charge in [-0.05, 0) is 19.4 Å². The summed E-state index contributed by atoms with van der Waals surface area (Å²) >= 11 is 0. The Kier molecular flexibility index (Phi) is 5.55. The van der Waals surface area contributed by atoms with E-state index < -0.39 is 10.0 Å². The Labute approximate surface area is 109 Å². The summed E-state index contributed by atoms with van der Waals surface area (Å²) in [5, 5.41) is 2.82. The molecule has 1 rings (SSSR count). The van der Waals surface area contributed by atoms with Crippen molar-refractivity contribution < 1.29 is 8.42 Å². The summed E-state index contributed by atoms with van der Waals surface area (Å²) in [6.07, 6.45) is 4.41. The van der Waals surface area contributed by atoms with Gasteiger partial charge in [0.2, 0.25) is 10.0 Å². The van der Waals surface area contributed by atoms with Gasteiger partial charge in [0.15, 0.2) is 0 Å². The van der Waals surface area contributed by atoms with E-state index in [1.165, 1.54) is 18.3 Å². The number of aromatic nitrogens is 1. The molecule has 0 aliphatic rings. The zero-order valence-electron chi connectivity index (χ0n) is 11.1. The maximum absolute atomic E-state index is 12.1. The Bertz CT molecular complexity index is 474. The predicted molar refractivity (Wildman–Crippen MR) is 73.1 cm³/mol. The lowest BCUT2D eigenvalue weighted by Gasteiger charge is -2.14. The first-order valence-electron chi connectivity index (χ1n) is 6.15. The SMILES string of the molecule is CCCCC(C)NS(=O)(=O)c1ccnc(NC)c1. The molecule has 0 bridgehead atoms. The fourth-order valence-electron chi connectivity index (χ4n) is 1.62. The quantitative estimate of drug-likeness (QED) is 0.795. The van der Waals surface area contributed by atoms with E-state index in [0.717, 1.165) is 19.3 Å². The van der Waals surface area contributed by atoms with Crippen molar-refractivity contribution in [3.05, 3.63) is 18.3 Å². The number of nitrogens with zero attached hydrogens (tertiary/aromatic N) is 1. The van der Waals surface area contributed by atoms with Gasteiger partial charge < -0.3 is 5.32 Å². The highest BCUT2D eigenvalue weighted by Gasteiger charge is 2.17. The zero-order valence-corrected chi connectivity index (χ0v) is 11.9. The maximum atomic E-state index is 12.1. The Morgan fingerprint density at radius 3 is 2.78 bits per heavy atom. The molecule has 1 atom stereocenters. The van der Waals surface area contributed by atoms with Crippen LogP contribution >= 0.6 is 0 Å². The van der Waals surface area contributed by atoms with Crippen LogP contribution in [0.1, 0.15) is 33.1 Å². The smallest absolute Gasteiger partial charge is 0.240 e. The van der Waals surface area contributed by atoms with Gasteiger partial charge in [-0.15, -0.1) is 0 Å². The fraction of sp³-hybridized carbons (Fsp3) is 0.583. The minimum Gasteiger partial charge on any atom is -0.373 e. The number of pyridine rings is 1. The Morgan fingerprint density at radius 2 is 2.17 bits per heavy atom. The topological polar surface area (TPSA) is 71.1 Å². The van der Waals surface area contributed by atoms with Crippen molar-refractivity contribution in [2.75, 3.05) is 12.4 Å². The van der Waals surface area contributed by atoms with E-state index in [4.69, 9.17) is 0 Å². The average Bonchev–Trinajstić information content (AvgIpc) is 2.36. The number of anilines is 1. The Hall–Kier alpha value is -1.14. The minimum absolute atomic E-state index is 0.0545. The first-order valence-corrected chi connectivity index (χ1v) is 7.64. The molecule has 0 aliphatic heterocycles. The van der Waals surface area contributed by atoms with E-state index in [1.807, 2.05) is 6.92 Å². The van der Waals surface area contributed by atoms with Crippen molar-refractivity contribution >= 4 is 15.8 Å². The van der Waals surface area contributed by atoms with Gasteiger partial charge in [-0.2, -0.15) is 0 Å². The highest BCUT2D eigenvalue weighted by molar-refractivity contribution is 7.89. The summed E-state index contributed by atoms with van der Waals surface area (Å²) in [6.45, 7) is 3.97. The van der Waals surface area contributed by atoms with Gasteiger partial charge in [0.05, 0.1) is 4.90 Å². The van der Waals surface area contributed by atoms with Gasteiger partial charge in [-0.1, -0.05) is 19.8 Å². The van der Waals surface area contributed by atoms with Gasteiger partial charge in [-0.25, -0.2) is 18.1 Å². The van der Waals surface area contributed by atoms with Crippen LogP contribution in [0.2, 0.25) is 0 Å². The lowest BCUT2D eigenvalue weighted by molar-refractivity contribution is 0.534. The number of rotatable bonds is 7. The van der Waals surface area contributed by atoms with Crippen LogP contribution in [-0.2, 0) is 10.0 Å². The second kappa shape index (κ2) is 6.70. The highest BCUT2D eigenvalue weighted by Crippen LogP contribution is 2.13. The molecule has 102 valence electrons. The van der Waals surface area contributed by atoms with Crippen molar-refractivity contribution in [3.8, 4) is 0 Å². The monoisotopic (exact) mass is 271 g/mol. The van der Waals surface area contributed by atoms with Gasteiger partial charge in [0.25, 0.3) is 0 Å². The highest BCUT2D eigenvalue weighted by atomic mass is 32.2. The standard InChI is InChI=1S/C12H21N3O2S/c1-4-5-6-10(2)15-18(16,17)11-7-8-14-12(9-11)13-3/h7-10,15H,4-6H2,1-3H3,(H,13,14). The zero-order chi connectivity index (χ0) is 13.6. The lowest BCUT2D eigenvalue weighted by Crippen LogP contribution is -2.32. The maximum Gasteiger partial charge on any atom is 0.240 e. The Morgan fingerprint density at radius 1 is 1.44 bits per heavy atom. The largest absolute Gasteiger partial charge is 0.373 e. The van der Waals surface area contributed by atoms with Crippen LogP contribution in [0.4, 0.5) is 5.82 Å². The lowest BCUT2D eigenvalue weighted by atomic mass is 10.2. The molecule has 5 nitrogen and oxygen atoms in total. The van der Waals surface area contributed by atoms with Gasteiger partial charge in [0.1, 0.15) is 5.82 Å². The molecule has 0 fully saturated rings. The molecule has 0 spiro atoms. The molecule has 1 unspecified atom stereocenters. The molecule has 18 heavy (non-hydrogen) atoms. The van der Waals surface area contributed by atoms with E-state index in [1.54, 1.807) is 7.05 Å². The van der Waals surface area contributed by atoms with Crippen LogP contribution < -0.4 is 10.0 Å². The third-order valence-corrected chi connectivity index (χ3v) is 4.23. The van der Waals surface area contributed by atoms with Crippen LogP contribution in [-0.4, -0.2) is 26.5 Å². The van der Waals surface area contributed by atoms with Gasteiger partial charge >= 0.3 is 0 Å². The van der Waals surface area contributed by atoms with Crippen molar-refractivity contribution in [3.63, 3.8) is 0 Å². The summed E-state index contributed by atoms with van der Waals surface area (Å²) in [5.74, 6) is 0.541. The van der Waals surface area contributed by atoms with Crippen molar-refractivity contribution in [2.24, 2.45) is 0 Å². The van der Waals surface area contributed by atoms with Crippen LogP contribution in [0, 0.1) is 0 Å². The third-order valence-electron chi connectivity index (χ3n) is 2.64. The van der Waals surface area contributed by atoms with E-state index in [9.17, 15) is 8.42 Å². The molecule has 1 aromatic heterocycles. The van der Waals surface area contributed by atoms with Gasteiger partial charge in [-0.3, -0.25) is 0 Å². The number of nitrogens with one attached hydrogen (secondary N) is 2. The number of unbranched alkanes of at least 4 members (excludes halogenated alkanes) is 1. The summed E-state index contributed by atoms with van der Waals surface area (Å²) in [4.78, 5) is 4.24. The second-order valence-electron chi connectivity index (χ2n) is 4.29.